The number of hydrogen-bond donors (Lipinski definition) is 3. The largest absolute Gasteiger partial charge is 0.335 e. The Morgan fingerprint density at radius 1 is 0.909 bits per heavy atom. The minimum atomic E-state index is -0.0148. The van der Waals surface area contributed by atoms with Crippen molar-refractivity contribution in [2.75, 3.05) is 18.4 Å². The van der Waals surface area contributed by atoms with Gasteiger partial charge in [0.25, 0.3) is 0 Å². The number of carbonyl (C=O) groups is 1. The summed E-state index contributed by atoms with van der Waals surface area (Å²) in [6.07, 6.45) is 11.6. The minimum absolute atomic E-state index is 0.0148. The summed E-state index contributed by atoms with van der Waals surface area (Å²) in [5.74, 6) is 0.946. The van der Waals surface area contributed by atoms with Crippen LogP contribution in [-0.2, 0) is 11.3 Å². The highest BCUT2D eigenvalue weighted by molar-refractivity contribution is 5.98. The number of carbonyl (C=O) groups excluding carboxylic acids is 1. The Morgan fingerprint density at radius 2 is 1.77 bits per heavy atom. The quantitative estimate of drug-likeness (QED) is 0.174. The van der Waals surface area contributed by atoms with Crippen LogP contribution in [0.15, 0.2) is 73.3 Å². The molecule has 1 aliphatic rings. The number of H-pyrrole nitrogens is 2. The topological polar surface area (TPSA) is 115 Å². The molecular weight excluding hydrogens is 548 g/mol. The van der Waals surface area contributed by atoms with Gasteiger partial charge < -0.3 is 10.3 Å². The van der Waals surface area contributed by atoms with Crippen LogP contribution in [0.5, 0.6) is 0 Å². The number of hydrogen-bond acceptors (Lipinski definition) is 6. The van der Waals surface area contributed by atoms with Gasteiger partial charge in [-0.2, -0.15) is 5.10 Å². The third-order valence-corrected chi connectivity index (χ3v) is 8.22. The second-order valence-corrected chi connectivity index (χ2v) is 12.1. The number of anilines is 1. The number of aromatic amines is 2. The van der Waals surface area contributed by atoms with Crippen molar-refractivity contribution in [2.45, 2.75) is 46.1 Å². The van der Waals surface area contributed by atoms with Crippen LogP contribution in [0.1, 0.15) is 45.1 Å². The van der Waals surface area contributed by atoms with Gasteiger partial charge in [0.15, 0.2) is 5.82 Å². The van der Waals surface area contributed by atoms with Crippen molar-refractivity contribution in [1.29, 1.82) is 0 Å². The molecule has 6 aromatic rings. The molecule has 1 amide bonds. The molecule has 0 saturated carbocycles. The Labute approximate surface area is 256 Å². The summed E-state index contributed by atoms with van der Waals surface area (Å²) in [4.78, 5) is 32.3. The number of amides is 1. The molecule has 0 radical (unpaired) electrons. The van der Waals surface area contributed by atoms with E-state index in [9.17, 15) is 4.79 Å². The maximum Gasteiger partial charge on any atom is 0.224 e. The fourth-order valence-electron chi connectivity index (χ4n) is 6.09. The standard InChI is InChI=1S/C35H36N8O/c1-22(2)13-32(44)38-27-15-26(17-36-18-27)24-9-10-30-28(16-24)34(42-41-30)35-39-31-20-37-19-29(33(31)40-35)25-8-6-7-23(14-25)21-43-11-4-3-5-12-43/h6-10,14-20,22H,3-5,11-13,21H2,1-2H3,(H,38,44)(H,39,40)(H,41,42). The van der Waals surface area contributed by atoms with Gasteiger partial charge in [0.2, 0.25) is 5.91 Å². The van der Waals surface area contributed by atoms with Gasteiger partial charge in [0.05, 0.1) is 34.6 Å². The van der Waals surface area contributed by atoms with E-state index in [1.807, 2.05) is 44.4 Å². The lowest BCUT2D eigenvalue weighted by Gasteiger charge is -2.26. The van der Waals surface area contributed by atoms with Crippen molar-refractivity contribution >= 4 is 33.5 Å². The van der Waals surface area contributed by atoms with E-state index in [0.717, 1.165) is 56.4 Å². The number of aromatic nitrogens is 6. The minimum Gasteiger partial charge on any atom is -0.335 e. The van der Waals surface area contributed by atoms with Crippen molar-refractivity contribution in [3.8, 4) is 33.8 Å². The monoisotopic (exact) mass is 584 g/mol. The summed E-state index contributed by atoms with van der Waals surface area (Å²) < 4.78 is 0. The van der Waals surface area contributed by atoms with Crippen molar-refractivity contribution < 1.29 is 4.79 Å². The third kappa shape index (κ3) is 5.83. The van der Waals surface area contributed by atoms with Crippen LogP contribution in [0.3, 0.4) is 0 Å². The molecule has 0 spiro atoms. The Kier molecular flexibility index (Phi) is 7.62. The van der Waals surface area contributed by atoms with Crippen LogP contribution < -0.4 is 5.32 Å². The van der Waals surface area contributed by atoms with E-state index in [1.165, 1.54) is 37.9 Å². The van der Waals surface area contributed by atoms with Gasteiger partial charge in [0.1, 0.15) is 5.69 Å². The number of imidazole rings is 1. The van der Waals surface area contributed by atoms with Crippen LogP contribution in [0.25, 0.3) is 55.7 Å². The van der Waals surface area contributed by atoms with Crippen LogP contribution >= 0.6 is 0 Å². The summed E-state index contributed by atoms with van der Waals surface area (Å²) >= 11 is 0. The molecule has 2 aromatic carbocycles. The van der Waals surface area contributed by atoms with Crippen molar-refractivity contribution in [3.05, 3.63) is 78.9 Å². The highest BCUT2D eigenvalue weighted by Crippen LogP contribution is 2.33. The van der Waals surface area contributed by atoms with Gasteiger partial charge in [-0.25, -0.2) is 4.98 Å². The van der Waals surface area contributed by atoms with Crippen molar-refractivity contribution in [1.82, 2.24) is 35.0 Å². The van der Waals surface area contributed by atoms with Crippen molar-refractivity contribution in [3.63, 3.8) is 0 Å². The second kappa shape index (κ2) is 12.0. The van der Waals surface area contributed by atoms with E-state index in [0.29, 0.717) is 17.9 Å². The predicted molar refractivity (Wildman–Crippen MR) is 175 cm³/mol. The number of benzene rings is 2. The lowest BCUT2D eigenvalue weighted by Crippen LogP contribution is -2.29. The molecule has 9 heteroatoms. The highest BCUT2D eigenvalue weighted by Gasteiger charge is 2.17. The average molecular weight is 585 g/mol. The summed E-state index contributed by atoms with van der Waals surface area (Å²) in [6.45, 7) is 7.36. The number of pyridine rings is 2. The van der Waals surface area contributed by atoms with Crippen LogP contribution in [0.2, 0.25) is 0 Å². The maximum atomic E-state index is 12.3. The first-order valence-corrected chi connectivity index (χ1v) is 15.4. The first-order valence-electron chi connectivity index (χ1n) is 15.4. The zero-order chi connectivity index (χ0) is 30.0. The van der Waals surface area contributed by atoms with E-state index >= 15 is 0 Å². The van der Waals surface area contributed by atoms with Gasteiger partial charge in [0, 0.05) is 41.9 Å². The molecular formula is C35H36N8O. The van der Waals surface area contributed by atoms with Crippen molar-refractivity contribution in [2.24, 2.45) is 5.92 Å². The summed E-state index contributed by atoms with van der Waals surface area (Å²) in [5.41, 5.74) is 9.33. The van der Waals surface area contributed by atoms with E-state index in [4.69, 9.17) is 4.98 Å². The van der Waals surface area contributed by atoms with E-state index in [2.05, 4.69) is 65.7 Å². The number of fused-ring (bicyclic) bond motifs is 2. The zero-order valence-electron chi connectivity index (χ0n) is 25.1. The number of nitrogens with one attached hydrogen (secondary N) is 3. The van der Waals surface area contributed by atoms with E-state index in [1.54, 1.807) is 12.4 Å². The maximum absolute atomic E-state index is 12.3. The molecule has 3 N–H and O–H groups in total. The fraction of sp³-hybridized carbons (Fsp3) is 0.286. The molecule has 1 fully saturated rings. The van der Waals surface area contributed by atoms with Crippen LogP contribution in [0.4, 0.5) is 5.69 Å². The molecule has 1 aliphatic heterocycles. The number of likely N-dealkylation sites (tertiary alicyclic amines) is 1. The zero-order valence-corrected chi connectivity index (χ0v) is 25.1. The molecule has 0 bridgehead atoms. The summed E-state index contributed by atoms with van der Waals surface area (Å²) in [5, 5.41) is 11.7. The highest BCUT2D eigenvalue weighted by atomic mass is 16.1. The van der Waals surface area contributed by atoms with Crippen LogP contribution in [-0.4, -0.2) is 54.0 Å². The second-order valence-electron chi connectivity index (χ2n) is 12.1. The Morgan fingerprint density at radius 3 is 2.64 bits per heavy atom. The molecule has 7 rings (SSSR count). The van der Waals surface area contributed by atoms with Gasteiger partial charge in [-0.3, -0.25) is 24.8 Å². The molecule has 0 atom stereocenters. The molecule has 9 nitrogen and oxygen atoms in total. The SMILES string of the molecule is CC(C)CC(=O)Nc1cncc(-c2ccc3[nH]nc(-c4nc5c(-c6cccc(CN7CCCCC7)c6)cncc5[nH]4)c3c2)c1. The molecule has 5 heterocycles. The molecule has 44 heavy (non-hydrogen) atoms. The molecule has 1 saturated heterocycles. The first kappa shape index (κ1) is 27.9. The lowest BCUT2D eigenvalue weighted by atomic mass is 10.0. The van der Waals surface area contributed by atoms with Gasteiger partial charge >= 0.3 is 0 Å². The van der Waals surface area contributed by atoms with E-state index in [-0.39, 0.29) is 11.8 Å². The number of piperidine rings is 1. The number of rotatable bonds is 8. The molecule has 0 aliphatic carbocycles. The van der Waals surface area contributed by atoms with Gasteiger partial charge in [-0.05, 0) is 72.8 Å². The lowest BCUT2D eigenvalue weighted by molar-refractivity contribution is -0.116. The predicted octanol–water partition coefficient (Wildman–Crippen LogP) is 7.20. The summed E-state index contributed by atoms with van der Waals surface area (Å²) in [7, 11) is 0. The van der Waals surface area contributed by atoms with Gasteiger partial charge in [-0.1, -0.05) is 44.5 Å². The Bertz CT molecular complexity index is 1950. The normalized spacial score (nSPS) is 14.1. The fourth-order valence-corrected chi connectivity index (χ4v) is 6.09. The smallest absolute Gasteiger partial charge is 0.224 e. The molecule has 222 valence electrons. The molecule has 4 aromatic heterocycles. The van der Waals surface area contributed by atoms with Crippen LogP contribution in [0, 0.1) is 5.92 Å². The first-order chi connectivity index (χ1) is 21.5. The van der Waals surface area contributed by atoms with Gasteiger partial charge in [-0.15, -0.1) is 0 Å². The molecule has 0 unspecified atom stereocenters. The summed E-state index contributed by atoms with van der Waals surface area (Å²) in [6, 6.07) is 16.8. The third-order valence-electron chi connectivity index (χ3n) is 8.22. The Balaban J connectivity index is 1.20. The number of nitrogens with zero attached hydrogens (tertiary/aromatic N) is 5. The Hall–Kier alpha value is -4.89. The average Bonchev–Trinajstić information content (AvgIpc) is 3.65. The van der Waals surface area contributed by atoms with E-state index < -0.39 is 0 Å².